The molecule has 1 aliphatic heterocycles. The molecule has 5 heteroatoms. The van der Waals surface area contributed by atoms with E-state index in [4.69, 9.17) is 9.73 Å². The summed E-state index contributed by atoms with van der Waals surface area (Å²) in [5.41, 5.74) is 9.09. The lowest BCUT2D eigenvalue weighted by molar-refractivity contribution is 0.415. The number of fused-ring (bicyclic) bond motifs is 1. The molecule has 0 radical (unpaired) electrons. The molecule has 1 aromatic heterocycles. The van der Waals surface area contributed by atoms with Gasteiger partial charge in [-0.15, -0.1) is 0 Å². The van der Waals surface area contributed by atoms with Gasteiger partial charge in [-0.1, -0.05) is 13.0 Å². The summed E-state index contributed by atoms with van der Waals surface area (Å²) >= 11 is 0. The van der Waals surface area contributed by atoms with Crippen molar-refractivity contribution in [3.05, 3.63) is 89.2 Å². The van der Waals surface area contributed by atoms with E-state index < -0.39 is 0 Å². The summed E-state index contributed by atoms with van der Waals surface area (Å²) in [6.07, 6.45) is 4.51. The minimum atomic E-state index is 0.701. The Morgan fingerprint density at radius 1 is 0.926 bits per heavy atom. The number of rotatable bonds is 4. The first kappa shape index (κ1) is 17.0. The number of ether oxygens (including phenoxy) is 1. The van der Waals surface area contributed by atoms with Gasteiger partial charge in [-0.2, -0.15) is 5.10 Å². The standard InChI is InChI=1S/C22H20N4O/c1-3-15-4-9-20-19(14-15)21(16-10-12-23-13-11-16)25-26-22(24-20)17-5-7-18(27-2)8-6-17/h4-14H,3H2,1-2H3,(H,24,26). The molecule has 0 saturated heterocycles. The molecule has 0 spiro atoms. The average Bonchev–Trinajstić information content (AvgIpc) is 2.93. The molecule has 4 rings (SSSR count). The predicted molar refractivity (Wildman–Crippen MR) is 108 cm³/mol. The maximum Gasteiger partial charge on any atom is 0.154 e. The van der Waals surface area contributed by atoms with Crippen LogP contribution >= 0.6 is 0 Å². The number of pyridine rings is 1. The quantitative estimate of drug-likeness (QED) is 0.766. The van der Waals surface area contributed by atoms with Crippen LogP contribution in [-0.4, -0.2) is 23.6 Å². The summed E-state index contributed by atoms with van der Waals surface area (Å²) < 4.78 is 5.24. The van der Waals surface area contributed by atoms with E-state index in [0.29, 0.717) is 5.84 Å². The fourth-order valence-corrected chi connectivity index (χ4v) is 3.01. The summed E-state index contributed by atoms with van der Waals surface area (Å²) in [7, 11) is 1.66. The summed E-state index contributed by atoms with van der Waals surface area (Å²) in [5, 5.41) is 4.69. The fraction of sp³-hybridized carbons (Fsp3) is 0.136. The molecule has 2 aromatic carbocycles. The van der Waals surface area contributed by atoms with Crippen molar-refractivity contribution in [1.82, 2.24) is 10.4 Å². The van der Waals surface area contributed by atoms with Crippen LogP contribution in [0, 0.1) is 0 Å². The van der Waals surface area contributed by atoms with Crippen molar-refractivity contribution < 1.29 is 4.74 Å². The molecule has 0 amide bonds. The number of aliphatic imine (C=N–C) groups is 1. The number of nitrogens with one attached hydrogen (secondary N) is 1. The zero-order chi connectivity index (χ0) is 18.6. The zero-order valence-corrected chi connectivity index (χ0v) is 15.3. The van der Waals surface area contributed by atoms with E-state index in [2.05, 4.69) is 40.6 Å². The van der Waals surface area contributed by atoms with Gasteiger partial charge in [0.25, 0.3) is 0 Å². The maximum atomic E-state index is 5.24. The van der Waals surface area contributed by atoms with Crippen molar-refractivity contribution in [2.75, 3.05) is 7.11 Å². The number of hydrazone groups is 1. The van der Waals surface area contributed by atoms with Crippen molar-refractivity contribution in [3.8, 4) is 5.75 Å². The minimum absolute atomic E-state index is 0.701. The molecule has 5 nitrogen and oxygen atoms in total. The average molecular weight is 356 g/mol. The van der Waals surface area contributed by atoms with Gasteiger partial charge in [0.1, 0.15) is 11.5 Å². The Labute approximate surface area is 158 Å². The van der Waals surface area contributed by atoms with Crippen LogP contribution in [0.15, 0.2) is 77.1 Å². The second kappa shape index (κ2) is 7.41. The second-order valence-corrected chi connectivity index (χ2v) is 6.20. The molecule has 0 bridgehead atoms. The molecule has 0 aliphatic carbocycles. The molecular weight excluding hydrogens is 336 g/mol. The molecule has 0 atom stereocenters. The molecule has 0 fully saturated rings. The number of aromatic nitrogens is 1. The van der Waals surface area contributed by atoms with Crippen LogP contribution in [-0.2, 0) is 6.42 Å². The third kappa shape index (κ3) is 3.44. The van der Waals surface area contributed by atoms with Crippen LogP contribution in [0.4, 0.5) is 5.69 Å². The molecule has 0 saturated carbocycles. The van der Waals surface area contributed by atoms with Crippen molar-refractivity contribution in [2.45, 2.75) is 13.3 Å². The van der Waals surface area contributed by atoms with Gasteiger partial charge >= 0.3 is 0 Å². The lowest BCUT2D eigenvalue weighted by Crippen LogP contribution is -2.19. The first-order valence-corrected chi connectivity index (χ1v) is 8.89. The SMILES string of the molecule is CCc1ccc2c(c1)C(c1ccncc1)=NNC(c1ccc(OC)cc1)=N2. The summed E-state index contributed by atoms with van der Waals surface area (Å²) in [5.74, 6) is 1.51. The van der Waals surface area contributed by atoms with Crippen LogP contribution in [0.2, 0.25) is 0 Å². The Hall–Kier alpha value is -3.47. The lowest BCUT2D eigenvalue weighted by Gasteiger charge is -2.09. The highest BCUT2D eigenvalue weighted by atomic mass is 16.5. The Balaban J connectivity index is 1.83. The Bertz CT molecular complexity index is 1010. The van der Waals surface area contributed by atoms with E-state index in [1.54, 1.807) is 19.5 Å². The van der Waals surface area contributed by atoms with Crippen LogP contribution < -0.4 is 10.2 Å². The highest BCUT2D eigenvalue weighted by Crippen LogP contribution is 2.27. The van der Waals surface area contributed by atoms with Gasteiger partial charge in [-0.25, -0.2) is 4.99 Å². The van der Waals surface area contributed by atoms with Crippen LogP contribution in [0.25, 0.3) is 0 Å². The normalized spacial score (nSPS) is 13.0. The van der Waals surface area contributed by atoms with Crippen molar-refractivity contribution >= 4 is 17.2 Å². The van der Waals surface area contributed by atoms with Gasteiger partial charge < -0.3 is 4.74 Å². The van der Waals surface area contributed by atoms with Crippen LogP contribution in [0.1, 0.15) is 29.2 Å². The van der Waals surface area contributed by atoms with Gasteiger partial charge in [0, 0.05) is 29.1 Å². The number of aryl methyl sites for hydroxylation is 1. The summed E-state index contributed by atoms with van der Waals surface area (Å²) in [4.78, 5) is 8.97. The van der Waals surface area contributed by atoms with E-state index in [9.17, 15) is 0 Å². The first-order chi connectivity index (χ1) is 13.3. The molecule has 1 N–H and O–H groups in total. The highest BCUT2D eigenvalue weighted by molar-refractivity contribution is 6.18. The van der Waals surface area contributed by atoms with Crippen molar-refractivity contribution in [3.63, 3.8) is 0 Å². The smallest absolute Gasteiger partial charge is 0.154 e. The van der Waals surface area contributed by atoms with Crippen molar-refractivity contribution in [2.24, 2.45) is 10.1 Å². The lowest BCUT2D eigenvalue weighted by atomic mass is 9.98. The van der Waals surface area contributed by atoms with Gasteiger partial charge in [0.15, 0.2) is 5.84 Å². The molecule has 3 aromatic rings. The predicted octanol–water partition coefficient (Wildman–Crippen LogP) is 4.09. The molecule has 0 unspecified atom stereocenters. The summed E-state index contributed by atoms with van der Waals surface area (Å²) in [6.45, 7) is 2.14. The maximum absolute atomic E-state index is 5.24. The largest absolute Gasteiger partial charge is 0.497 e. The van der Waals surface area contributed by atoms with E-state index >= 15 is 0 Å². The van der Waals surface area contributed by atoms with E-state index in [1.165, 1.54) is 5.56 Å². The van der Waals surface area contributed by atoms with Crippen molar-refractivity contribution in [1.29, 1.82) is 0 Å². The molecular formula is C22H20N4O. The topological polar surface area (TPSA) is 58.9 Å². The fourth-order valence-electron chi connectivity index (χ4n) is 3.01. The van der Waals surface area contributed by atoms with Crippen LogP contribution in [0.5, 0.6) is 5.75 Å². The number of hydrogen-bond acceptors (Lipinski definition) is 5. The Morgan fingerprint density at radius 3 is 2.41 bits per heavy atom. The van der Waals surface area contributed by atoms with Gasteiger partial charge in [0.2, 0.25) is 0 Å². The molecule has 2 heterocycles. The zero-order valence-electron chi connectivity index (χ0n) is 15.3. The molecule has 27 heavy (non-hydrogen) atoms. The molecule has 1 aliphatic rings. The number of nitrogens with zero attached hydrogens (tertiary/aromatic N) is 3. The number of amidine groups is 1. The van der Waals surface area contributed by atoms with Crippen LogP contribution in [0.3, 0.4) is 0 Å². The Morgan fingerprint density at radius 2 is 1.70 bits per heavy atom. The van der Waals surface area contributed by atoms with Gasteiger partial charge in [-0.3, -0.25) is 10.4 Å². The minimum Gasteiger partial charge on any atom is -0.497 e. The van der Waals surface area contributed by atoms with Gasteiger partial charge in [0.05, 0.1) is 12.8 Å². The summed E-state index contributed by atoms with van der Waals surface area (Å²) in [6, 6.07) is 18.0. The monoisotopic (exact) mass is 356 g/mol. The van der Waals surface area contributed by atoms with Gasteiger partial charge in [-0.05, 0) is 60.5 Å². The number of benzene rings is 2. The number of methoxy groups -OCH3 is 1. The van der Waals surface area contributed by atoms with E-state index in [-0.39, 0.29) is 0 Å². The highest BCUT2D eigenvalue weighted by Gasteiger charge is 2.17. The Kier molecular flexibility index (Phi) is 4.66. The number of hydrogen-bond donors (Lipinski definition) is 1. The van der Waals surface area contributed by atoms with E-state index in [1.807, 2.05) is 36.4 Å². The molecule has 134 valence electrons. The third-order valence-electron chi connectivity index (χ3n) is 4.55. The first-order valence-electron chi connectivity index (χ1n) is 8.89. The second-order valence-electron chi connectivity index (χ2n) is 6.20. The third-order valence-corrected chi connectivity index (χ3v) is 4.55. The van der Waals surface area contributed by atoms with E-state index in [0.717, 1.165) is 40.3 Å².